The lowest BCUT2D eigenvalue weighted by atomic mass is 9.95. The average molecular weight is 608 g/mol. The molecule has 3 aromatic carbocycles. The number of benzene rings is 3. The number of methoxy groups -OCH3 is 2. The van der Waals surface area contributed by atoms with Gasteiger partial charge >= 0.3 is 0 Å². The van der Waals surface area contributed by atoms with Crippen LogP contribution in [-0.4, -0.2) is 58.0 Å². The zero-order valence-corrected chi connectivity index (χ0v) is 26.1. The average Bonchev–Trinajstić information content (AvgIpc) is 3.03. The number of carbonyl (C=O) groups is 2. The summed E-state index contributed by atoms with van der Waals surface area (Å²) >= 11 is 0. The molecule has 1 fully saturated rings. The van der Waals surface area contributed by atoms with Crippen molar-refractivity contribution < 1.29 is 27.5 Å². The van der Waals surface area contributed by atoms with Crippen molar-refractivity contribution in [2.75, 3.05) is 25.1 Å². The standard InChI is InChI=1S/C33H41N3O6S/c1-24-15-17-28(18-16-24)36(43(39,40)29-19-20-30(41-3)31(21-29)42-4)23-32(37)35(22-26-11-7-5-8-12-26)25(2)33(38)34-27-13-9-6-10-14-27/h5,7-8,11-12,15-21,25,27H,6,9-10,13-14,22-23H2,1-4H3,(H,34,38). The number of hydrogen-bond donors (Lipinski definition) is 1. The van der Waals surface area contributed by atoms with E-state index in [1.165, 1.54) is 37.3 Å². The molecule has 1 aliphatic carbocycles. The first-order chi connectivity index (χ1) is 20.6. The third kappa shape index (κ3) is 7.87. The van der Waals surface area contributed by atoms with Crippen LogP contribution in [0, 0.1) is 6.92 Å². The van der Waals surface area contributed by atoms with Crippen LogP contribution in [0.1, 0.15) is 50.2 Å². The number of aryl methyl sites for hydroxylation is 1. The zero-order valence-electron chi connectivity index (χ0n) is 25.3. The normalized spacial score (nSPS) is 14.4. The van der Waals surface area contributed by atoms with Crippen LogP contribution in [0.25, 0.3) is 0 Å². The number of carbonyl (C=O) groups excluding carboxylic acids is 2. The maximum Gasteiger partial charge on any atom is 0.264 e. The smallest absolute Gasteiger partial charge is 0.264 e. The molecule has 0 bridgehead atoms. The summed E-state index contributed by atoms with van der Waals surface area (Å²) in [7, 11) is -1.35. The molecular weight excluding hydrogens is 566 g/mol. The molecule has 0 radical (unpaired) electrons. The quantitative estimate of drug-likeness (QED) is 0.308. The van der Waals surface area contributed by atoms with E-state index in [4.69, 9.17) is 9.47 Å². The van der Waals surface area contributed by atoms with Crippen LogP contribution < -0.4 is 19.1 Å². The molecule has 0 aliphatic heterocycles. The monoisotopic (exact) mass is 607 g/mol. The number of nitrogens with one attached hydrogen (secondary N) is 1. The van der Waals surface area contributed by atoms with Crippen LogP contribution in [0.3, 0.4) is 0 Å². The molecule has 1 aliphatic rings. The molecule has 1 N–H and O–H groups in total. The Morgan fingerprint density at radius 3 is 2.19 bits per heavy atom. The summed E-state index contributed by atoms with van der Waals surface area (Å²) in [4.78, 5) is 29.0. The summed E-state index contributed by atoms with van der Waals surface area (Å²) in [5, 5.41) is 3.12. The van der Waals surface area contributed by atoms with Crippen LogP contribution in [-0.2, 0) is 26.2 Å². The molecule has 2 amide bonds. The van der Waals surface area contributed by atoms with Gasteiger partial charge in [-0.25, -0.2) is 8.42 Å². The Morgan fingerprint density at radius 2 is 1.56 bits per heavy atom. The molecule has 43 heavy (non-hydrogen) atoms. The summed E-state index contributed by atoms with van der Waals surface area (Å²) < 4.78 is 40.0. The number of ether oxygens (including phenoxy) is 2. The minimum absolute atomic E-state index is 0.0591. The second-order valence-electron chi connectivity index (χ2n) is 10.9. The van der Waals surface area contributed by atoms with Gasteiger partial charge in [0.25, 0.3) is 10.0 Å². The van der Waals surface area contributed by atoms with Gasteiger partial charge in [0.2, 0.25) is 11.8 Å². The molecule has 9 nitrogen and oxygen atoms in total. The fraction of sp³-hybridized carbons (Fsp3) is 0.394. The van der Waals surface area contributed by atoms with Crippen molar-refractivity contribution in [3.05, 3.63) is 83.9 Å². The highest BCUT2D eigenvalue weighted by atomic mass is 32.2. The van der Waals surface area contributed by atoms with Crippen molar-refractivity contribution in [3.63, 3.8) is 0 Å². The number of hydrogen-bond acceptors (Lipinski definition) is 6. The fourth-order valence-electron chi connectivity index (χ4n) is 5.28. The number of nitrogens with zero attached hydrogens (tertiary/aromatic N) is 2. The molecule has 0 heterocycles. The molecule has 4 rings (SSSR count). The van der Waals surface area contributed by atoms with Crippen LogP contribution >= 0.6 is 0 Å². The second-order valence-corrected chi connectivity index (χ2v) is 12.8. The summed E-state index contributed by atoms with van der Waals surface area (Å²) in [5.74, 6) is -0.121. The largest absolute Gasteiger partial charge is 0.493 e. The minimum atomic E-state index is -4.24. The van der Waals surface area contributed by atoms with Gasteiger partial charge in [-0.3, -0.25) is 13.9 Å². The molecule has 3 aromatic rings. The first-order valence-electron chi connectivity index (χ1n) is 14.6. The topological polar surface area (TPSA) is 105 Å². The molecule has 10 heteroatoms. The predicted octanol–water partition coefficient (Wildman–Crippen LogP) is 5.07. The fourth-order valence-corrected chi connectivity index (χ4v) is 6.71. The van der Waals surface area contributed by atoms with Gasteiger partial charge in [-0.15, -0.1) is 0 Å². The van der Waals surface area contributed by atoms with E-state index in [1.54, 1.807) is 31.2 Å². The van der Waals surface area contributed by atoms with Crippen LogP contribution in [0.15, 0.2) is 77.7 Å². The van der Waals surface area contributed by atoms with Gasteiger partial charge in [-0.1, -0.05) is 67.3 Å². The van der Waals surface area contributed by atoms with Crippen LogP contribution in [0.2, 0.25) is 0 Å². The van der Waals surface area contributed by atoms with Crippen molar-refractivity contribution in [2.45, 2.75) is 69.5 Å². The second kappa shape index (κ2) is 14.4. The SMILES string of the molecule is COc1ccc(S(=O)(=O)N(CC(=O)N(Cc2ccccc2)C(C)C(=O)NC2CCCCC2)c2ccc(C)cc2)cc1OC. The lowest BCUT2D eigenvalue weighted by Gasteiger charge is -2.33. The van der Waals surface area contributed by atoms with Gasteiger partial charge in [0.1, 0.15) is 12.6 Å². The molecule has 1 unspecified atom stereocenters. The van der Waals surface area contributed by atoms with Crippen LogP contribution in [0.5, 0.6) is 11.5 Å². The number of sulfonamides is 1. The molecule has 230 valence electrons. The van der Waals surface area contributed by atoms with Crippen molar-refractivity contribution >= 4 is 27.5 Å². The lowest BCUT2D eigenvalue weighted by molar-refractivity contribution is -0.139. The lowest BCUT2D eigenvalue weighted by Crippen LogP contribution is -2.53. The Bertz CT molecular complexity index is 1490. The van der Waals surface area contributed by atoms with Gasteiger partial charge in [0.15, 0.2) is 11.5 Å². The molecule has 0 spiro atoms. The molecule has 1 saturated carbocycles. The summed E-state index contributed by atoms with van der Waals surface area (Å²) in [5.41, 5.74) is 2.10. The Morgan fingerprint density at radius 1 is 0.907 bits per heavy atom. The summed E-state index contributed by atoms with van der Waals surface area (Å²) in [6.45, 7) is 3.24. The maximum absolute atomic E-state index is 14.1. The van der Waals surface area contributed by atoms with Gasteiger partial charge < -0.3 is 19.7 Å². The highest BCUT2D eigenvalue weighted by Crippen LogP contribution is 2.32. The van der Waals surface area contributed by atoms with Gasteiger partial charge in [-0.2, -0.15) is 0 Å². The van der Waals surface area contributed by atoms with E-state index in [9.17, 15) is 18.0 Å². The third-order valence-electron chi connectivity index (χ3n) is 7.86. The van der Waals surface area contributed by atoms with Crippen molar-refractivity contribution in [2.24, 2.45) is 0 Å². The Balaban J connectivity index is 1.69. The van der Waals surface area contributed by atoms with E-state index < -0.39 is 28.5 Å². The molecular formula is C33H41N3O6S. The van der Waals surface area contributed by atoms with E-state index in [2.05, 4.69) is 5.32 Å². The van der Waals surface area contributed by atoms with Crippen molar-refractivity contribution in [1.82, 2.24) is 10.2 Å². The van der Waals surface area contributed by atoms with Gasteiger partial charge in [-0.05, 0) is 56.5 Å². The van der Waals surface area contributed by atoms with E-state index >= 15 is 0 Å². The predicted molar refractivity (Wildman–Crippen MR) is 167 cm³/mol. The Labute approximate surface area is 254 Å². The minimum Gasteiger partial charge on any atom is -0.493 e. The van der Waals surface area contributed by atoms with E-state index in [1.807, 2.05) is 37.3 Å². The third-order valence-corrected chi connectivity index (χ3v) is 9.63. The van der Waals surface area contributed by atoms with E-state index in [0.717, 1.165) is 47.5 Å². The Kier molecular flexibility index (Phi) is 10.7. The Hall–Kier alpha value is -4.05. The number of anilines is 1. The van der Waals surface area contributed by atoms with Gasteiger partial charge in [0, 0.05) is 18.7 Å². The number of amides is 2. The first-order valence-corrected chi connectivity index (χ1v) is 16.0. The number of rotatable bonds is 12. The van der Waals surface area contributed by atoms with Gasteiger partial charge in [0.05, 0.1) is 24.8 Å². The zero-order chi connectivity index (χ0) is 31.0. The molecule has 1 atom stereocenters. The van der Waals surface area contributed by atoms with Crippen molar-refractivity contribution in [3.8, 4) is 11.5 Å². The van der Waals surface area contributed by atoms with E-state index in [-0.39, 0.29) is 29.1 Å². The first kappa shape index (κ1) is 31.9. The maximum atomic E-state index is 14.1. The summed E-state index contributed by atoms with van der Waals surface area (Å²) in [6.07, 6.45) is 5.10. The highest BCUT2D eigenvalue weighted by Gasteiger charge is 2.33. The molecule has 0 saturated heterocycles. The van der Waals surface area contributed by atoms with Crippen molar-refractivity contribution in [1.29, 1.82) is 0 Å². The van der Waals surface area contributed by atoms with Crippen LogP contribution in [0.4, 0.5) is 5.69 Å². The highest BCUT2D eigenvalue weighted by molar-refractivity contribution is 7.92. The summed E-state index contributed by atoms with van der Waals surface area (Å²) in [6, 6.07) is 19.9. The molecule has 0 aromatic heterocycles. The van der Waals surface area contributed by atoms with E-state index in [0.29, 0.717) is 11.4 Å².